The van der Waals surface area contributed by atoms with Crippen LogP contribution in [0, 0.1) is 11.3 Å². The van der Waals surface area contributed by atoms with E-state index in [1.165, 1.54) is 6.08 Å². The van der Waals surface area contributed by atoms with Gasteiger partial charge in [-0.1, -0.05) is 30.3 Å². The van der Waals surface area contributed by atoms with Crippen LogP contribution in [0.2, 0.25) is 0 Å². The zero-order valence-corrected chi connectivity index (χ0v) is 15.3. The van der Waals surface area contributed by atoms with Gasteiger partial charge in [-0.3, -0.25) is 4.79 Å². The SMILES string of the molecule is C[C@H](OC(=O)/C=C/c1ccc(C#N)cc1)C(=O)N1c2ccccc2C[C@H]1C. The Morgan fingerprint density at radius 3 is 2.63 bits per heavy atom. The van der Waals surface area contributed by atoms with Gasteiger partial charge in [-0.2, -0.15) is 5.26 Å². The van der Waals surface area contributed by atoms with Crippen LogP contribution in [-0.2, 0) is 20.7 Å². The Labute approximate surface area is 158 Å². The van der Waals surface area contributed by atoms with Crippen molar-refractivity contribution in [3.05, 3.63) is 71.3 Å². The molecule has 1 heterocycles. The third-order valence-electron chi connectivity index (χ3n) is 4.54. The number of rotatable bonds is 4. The summed E-state index contributed by atoms with van der Waals surface area (Å²) in [5.74, 6) is -0.812. The summed E-state index contributed by atoms with van der Waals surface area (Å²) < 4.78 is 5.29. The lowest BCUT2D eigenvalue weighted by atomic mass is 10.1. The topological polar surface area (TPSA) is 70.4 Å². The normalized spacial score (nSPS) is 16.6. The smallest absolute Gasteiger partial charge is 0.331 e. The van der Waals surface area contributed by atoms with Crippen molar-refractivity contribution in [1.29, 1.82) is 5.26 Å². The van der Waals surface area contributed by atoms with Crippen LogP contribution in [-0.4, -0.2) is 24.0 Å². The fourth-order valence-corrected chi connectivity index (χ4v) is 3.19. The van der Waals surface area contributed by atoms with Gasteiger partial charge in [0.2, 0.25) is 0 Å². The minimum absolute atomic E-state index is 0.0326. The molecule has 0 fully saturated rings. The molecule has 0 saturated heterocycles. The number of hydrogen-bond donors (Lipinski definition) is 0. The quantitative estimate of drug-likeness (QED) is 0.618. The summed E-state index contributed by atoms with van der Waals surface area (Å²) in [4.78, 5) is 26.6. The van der Waals surface area contributed by atoms with E-state index in [1.54, 1.807) is 42.2 Å². The molecule has 0 saturated carbocycles. The van der Waals surface area contributed by atoms with Crippen molar-refractivity contribution in [2.24, 2.45) is 0 Å². The van der Waals surface area contributed by atoms with Gasteiger partial charge in [-0.25, -0.2) is 4.79 Å². The lowest BCUT2D eigenvalue weighted by Gasteiger charge is -2.25. The molecular formula is C22H20N2O3. The van der Waals surface area contributed by atoms with Gasteiger partial charge in [-0.05, 0) is 55.7 Å². The molecule has 1 amide bonds. The Balaban J connectivity index is 1.63. The largest absolute Gasteiger partial charge is 0.449 e. The van der Waals surface area contributed by atoms with E-state index >= 15 is 0 Å². The van der Waals surface area contributed by atoms with E-state index in [4.69, 9.17) is 10.00 Å². The highest BCUT2D eigenvalue weighted by molar-refractivity contribution is 6.00. The van der Waals surface area contributed by atoms with Crippen LogP contribution < -0.4 is 4.90 Å². The van der Waals surface area contributed by atoms with E-state index in [2.05, 4.69) is 0 Å². The molecule has 0 aromatic heterocycles. The number of amides is 1. The maximum Gasteiger partial charge on any atom is 0.331 e. The number of carbonyl (C=O) groups is 2. The van der Waals surface area contributed by atoms with Crippen LogP contribution in [0.5, 0.6) is 0 Å². The summed E-state index contributed by atoms with van der Waals surface area (Å²) in [6.07, 6.45) is 2.79. The highest BCUT2D eigenvalue weighted by Crippen LogP contribution is 2.32. The molecule has 2 aromatic rings. The number of nitrogens with zero attached hydrogens (tertiary/aromatic N) is 2. The van der Waals surface area contributed by atoms with Crippen LogP contribution in [0.25, 0.3) is 6.08 Å². The second-order valence-electron chi connectivity index (χ2n) is 6.54. The number of anilines is 1. The number of carbonyl (C=O) groups excluding carboxylic acids is 2. The number of fused-ring (bicyclic) bond motifs is 1. The molecule has 136 valence electrons. The number of ether oxygens (including phenoxy) is 1. The molecule has 27 heavy (non-hydrogen) atoms. The number of para-hydroxylation sites is 1. The average molecular weight is 360 g/mol. The third kappa shape index (κ3) is 4.06. The second kappa shape index (κ2) is 7.88. The first kappa shape index (κ1) is 18.4. The minimum atomic E-state index is -0.878. The third-order valence-corrected chi connectivity index (χ3v) is 4.54. The molecule has 0 N–H and O–H groups in total. The molecule has 0 radical (unpaired) electrons. The van der Waals surface area contributed by atoms with Crippen molar-refractivity contribution in [2.75, 3.05) is 4.90 Å². The standard InChI is InChI=1S/C22H20N2O3/c1-15-13-19-5-3-4-6-20(19)24(15)22(26)16(2)27-21(25)12-11-17-7-9-18(14-23)10-8-17/h3-12,15-16H,13H2,1-2H3/b12-11+/t15-,16+/m1/s1. The first-order chi connectivity index (χ1) is 13.0. The molecule has 1 aliphatic heterocycles. The summed E-state index contributed by atoms with van der Waals surface area (Å²) >= 11 is 0. The molecule has 0 aliphatic carbocycles. The van der Waals surface area contributed by atoms with Crippen LogP contribution >= 0.6 is 0 Å². The molecule has 0 unspecified atom stereocenters. The van der Waals surface area contributed by atoms with E-state index in [0.29, 0.717) is 5.56 Å². The predicted molar refractivity (Wildman–Crippen MR) is 103 cm³/mol. The highest BCUT2D eigenvalue weighted by atomic mass is 16.5. The highest BCUT2D eigenvalue weighted by Gasteiger charge is 2.34. The van der Waals surface area contributed by atoms with E-state index in [1.807, 2.05) is 37.3 Å². The van der Waals surface area contributed by atoms with E-state index in [0.717, 1.165) is 23.2 Å². The van der Waals surface area contributed by atoms with E-state index < -0.39 is 12.1 Å². The van der Waals surface area contributed by atoms with Crippen LogP contribution in [0.3, 0.4) is 0 Å². The fourth-order valence-electron chi connectivity index (χ4n) is 3.19. The summed E-state index contributed by atoms with van der Waals surface area (Å²) in [5, 5.41) is 8.79. The average Bonchev–Trinajstić information content (AvgIpc) is 3.01. The summed E-state index contributed by atoms with van der Waals surface area (Å²) in [7, 11) is 0. The Hall–Kier alpha value is -3.39. The van der Waals surface area contributed by atoms with E-state index in [9.17, 15) is 9.59 Å². The predicted octanol–water partition coefficient (Wildman–Crippen LogP) is 3.48. The van der Waals surface area contributed by atoms with Crippen molar-refractivity contribution >= 4 is 23.6 Å². The van der Waals surface area contributed by atoms with Crippen molar-refractivity contribution < 1.29 is 14.3 Å². The number of nitriles is 1. The Bertz CT molecular complexity index is 925. The van der Waals surface area contributed by atoms with Crippen molar-refractivity contribution in [3.63, 3.8) is 0 Å². The van der Waals surface area contributed by atoms with Crippen molar-refractivity contribution in [1.82, 2.24) is 0 Å². The zero-order chi connectivity index (χ0) is 19.4. The Morgan fingerprint density at radius 2 is 1.93 bits per heavy atom. The zero-order valence-electron chi connectivity index (χ0n) is 15.3. The van der Waals surface area contributed by atoms with Crippen LogP contribution in [0.4, 0.5) is 5.69 Å². The Morgan fingerprint density at radius 1 is 1.22 bits per heavy atom. The molecule has 3 rings (SSSR count). The minimum Gasteiger partial charge on any atom is -0.449 e. The summed E-state index contributed by atoms with van der Waals surface area (Å²) in [6.45, 7) is 3.57. The van der Waals surface area contributed by atoms with Crippen molar-refractivity contribution in [2.45, 2.75) is 32.4 Å². The van der Waals surface area contributed by atoms with E-state index in [-0.39, 0.29) is 11.9 Å². The lowest BCUT2D eigenvalue weighted by molar-refractivity contribution is -0.149. The van der Waals surface area contributed by atoms with Crippen LogP contribution in [0.1, 0.15) is 30.5 Å². The first-order valence-electron chi connectivity index (χ1n) is 8.79. The second-order valence-corrected chi connectivity index (χ2v) is 6.54. The molecule has 0 bridgehead atoms. The van der Waals surface area contributed by atoms with Gasteiger partial charge in [0.05, 0.1) is 11.6 Å². The maximum atomic E-state index is 12.8. The summed E-state index contributed by atoms with van der Waals surface area (Å²) in [6, 6.07) is 16.7. The van der Waals surface area contributed by atoms with Crippen molar-refractivity contribution in [3.8, 4) is 6.07 Å². The number of hydrogen-bond acceptors (Lipinski definition) is 4. The molecule has 2 aromatic carbocycles. The van der Waals surface area contributed by atoms with Gasteiger partial charge < -0.3 is 9.64 Å². The molecular weight excluding hydrogens is 340 g/mol. The van der Waals surface area contributed by atoms with Gasteiger partial charge in [0, 0.05) is 17.8 Å². The maximum absolute atomic E-state index is 12.8. The van der Waals surface area contributed by atoms with Crippen LogP contribution in [0.15, 0.2) is 54.6 Å². The Kier molecular flexibility index (Phi) is 5.37. The van der Waals surface area contributed by atoms with Gasteiger partial charge in [0.15, 0.2) is 6.10 Å². The first-order valence-corrected chi connectivity index (χ1v) is 8.79. The van der Waals surface area contributed by atoms with Gasteiger partial charge in [0.1, 0.15) is 0 Å². The van der Waals surface area contributed by atoms with Gasteiger partial charge >= 0.3 is 5.97 Å². The lowest BCUT2D eigenvalue weighted by Crippen LogP contribution is -2.43. The molecule has 1 aliphatic rings. The number of esters is 1. The summed E-state index contributed by atoms with van der Waals surface area (Å²) in [5.41, 5.74) is 3.32. The van der Waals surface area contributed by atoms with Gasteiger partial charge in [0.25, 0.3) is 5.91 Å². The molecule has 2 atom stereocenters. The number of benzene rings is 2. The van der Waals surface area contributed by atoms with Gasteiger partial charge in [-0.15, -0.1) is 0 Å². The molecule has 5 nitrogen and oxygen atoms in total. The monoisotopic (exact) mass is 360 g/mol. The molecule has 5 heteroatoms. The molecule has 0 spiro atoms. The fraction of sp³-hybridized carbons (Fsp3) is 0.227.